The summed E-state index contributed by atoms with van der Waals surface area (Å²) >= 11 is 0. The molecule has 106 valence electrons. The van der Waals surface area contributed by atoms with E-state index in [4.69, 9.17) is 4.74 Å². The Balaban J connectivity index is 3.22. The molecule has 3 nitrogen and oxygen atoms in total. The van der Waals surface area contributed by atoms with E-state index in [1.54, 1.807) is 12.1 Å². The molecule has 0 bridgehead atoms. The maximum Gasteiger partial charge on any atom is 0.337 e. The van der Waals surface area contributed by atoms with Crippen molar-refractivity contribution in [3.8, 4) is 5.75 Å². The first kappa shape index (κ1) is 15.5. The number of phenolic OH excluding ortho intramolecular Hbond substituents is 1. The first-order chi connectivity index (χ1) is 9.04. The van der Waals surface area contributed by atoms with E-state index >= 15 is 0 Å². The van der Waals surface area contributed by atoms with E-state index in [1.807, 2.05) is 6.92 Å². The van der Waals surface area contributed by atoms with Gasteiger partial charge in [-0.3, -0.25) is 0 Å². The van der Waals surface area contributed by atoms with E-state index < -0.39 is 0 Å². The number of carbonyl (C=O) groups excluding carboxylic acids is 1. The lowest BCUT2D eigenvalue weighted by Crippen LogP contribution is -2.06. The highest BCUT2D eigenvalue weighted by molar-refractivity contribution is 5.90. The van der Waals surface area contributed by atoms with Crippen molar-refractivity contribution in [2.75, 3.05) is 7.11 Å². The van der Waals surface area contributed by atoms with Gasteiger partial charge >= 0.3 is 5.97 Å². The number of esters is 1. The molecule has 0 fully saturated rings. The summed E-state index contributed by atoms with van der Waals surface area (Å²) in [5.41, 5.74) is 2.13. The summed E-state index contributed by atoms with van der Waals surface area (Å²) in [6, 6.07) is 3.46. The molecule has 0 aliphatic heterocycles. The summed E-state index contributed by atoms with van der Waals surface area (Å²) in [5, 5.41) is 10.2. The Morgan fingerprint density at radius 2 is 1.84 bits per heavy atom. The fourth-order valence-electron chi connectivity index (χ4n) is 2.51. The summed E-state index contributed by atoms with van der Waals surface area (Å²) in [7, 11) is 1.37. The highest BCUT2D eigenvalue weighted by Gasteiger charge is 2.19. The predicted octanol–water partition coefficient (Wildman–Crippen LogP) is 4.17. The van der Waals surface area contributed by atoms with Gasteiger partial charge in [0.25, 0.3) is 0 Å². The Bertz CT molecular complexity index is 432. The Hall–Kier alpha value is -1.51. The van der Waals surface area contributed by atoms with Crippen LogP contribution >= 0.6 is 0 Å². The number of aryl methyl sites for hydroxylation is 1. The maximum absolute atomic E-state index is 11.7. The lowest BCUT2D eigenvalue weighted by molar-refractivity contribution is 0.0600. The minimum atomic E-state index is -0.351. The predicted molar refractivity (Wildman–Crippen MR) is 76.7 cm³/mol. The summed E-state index contributed by atoms with van der Waals surface area (Å²) in [6.07, 6.45) is 4.16. The maximum atomic E-state index is 11.7. The van der Waals surface area contributed by atoms with Crippen LogP contribution in [0, 0.1) is 6.92 Å². The number of phenols is 1. The second-order valence-corrected chi connectivity index (χ2v) is 5.00. The molecule has 1 rings (SSSR count). The fourth-order valence-corrected chi connectivity index (χ4v) is 2.51. The number of ether oxygens (including phenoxy) is 1. The van der Waals surface area contributed by atoms with E-state index in [0.29, 0.717) is 17.2 Å². The largest absolute Gasteiger partial charge is 0.507 e. The molecule has 0 saturated heterocycles. The van der Waals surface area contributed by atoms with E-state index in [2.05, 4.69) is 13.8 Å². The van der Waals surface area contributed by atoms with Gasteiger partial charge in [-0.05, 0) is 48.9 Å². The van der Waals surface area contributed by atoms with Crippen molar-refractivity contribution in [3.05, 3.63) is 28.8 Å². The molecule has 0 atom stereocenters. The average Bonchev–Trinajstić information content (AvgIpc) is 2.40. The van der Waals surface area contributed by atoms with E-state index in [0.717, 1.165) is 36.8 Å². The minimum absolute atomic E-state index is 0.304. The number of benzene rings is 1. The lowest BCUT2D eigenvalue weighted by Gasteiger charge is -2.19. The molecule has 0 aliphatic carbocycles. The molecule has 0 heterocycles. The van der Waals surface area contributed by atoms with Crippen molar-refractivity contribution in [2.45, 2.75) is 52.4 Å². The van der Waals surface area contributed by atoms with Gasteiger partial charge in [0.2, 0.25) is 0 Å². The van der Waals surface area contributed by atoms with Gasteiger partial charge in [0.1, 0.15) is 5.75 Å². The van der Waals surface area contributed by atoms with Gasteiger partial charge < -0.3 is 9.84 Å². The highest BCUT2D eigenvalue weighted by Crippen LogP contribution is 2.35. The Morgan fingerprint density at radius 1 is 1.26 bits per heavy atom. The Labute approximate surface area is 115 Å². The molecular weight excluding hydrogens is 240 g/mol. The smallest absolute Gasteiger partial charge is 0.337 e. The van der Waals surface area contributed by atoms with Gasteiger partial charge in [0.05, 0.1) is 12.7 Å². The third kappa shape index (κ3) is 3.72. The summed E-state index contributed by atoms with van der Waals surface area (Å²) in [5.74, 6) is 0.272. The van der Waals surface area contributed by atoms with E-state index in [1.165, 1.54) is 7.11 Å². The van der Waals surface area contributed by atoms with Gasteiger partial charge in [-0.2, -0.15) is 0 Å². The van der Waals surface area contributed by atoms with Crippen molar-refractivity contribution in [1.82, 2.24) is 0 Å². The third-order valence-electron chi connectivity index (χ3n) is 3.47. The van der Waals surface area contributed by atoms with Crippen LogP contribution < -0.4 is 0 Å². The normalized spacial score (nSPS) is 10.8. The number of hydrogen-bond acceptors (Lipinski definition) is 3. The second-order valence-electron chi connectivity index (χ2n) is 5.00. The fraction of sp³-hybridized carbons (Fsp3) is 0.562. The molecular formula is C16H24O3. The quantitative estimate of drug-likeness (QED) is 0.784. The Kier molecular flexibility index (Phi) is 5.87. The molecule has 3 heteroatoms. The van der Waals surface area contributed by atoms with Gasteiger partial charge in [-0.1, -0.05) is 26.7 Å². The zero-order valence-electron chi connectivity index (χ0n) is 12.3. The van der Waals surface area contributed by atoms with Crippen molar-refractivity contribution in [1.29, 1.82) is 0 Å². The number of methoxy groups -OCH3 is 1. The number of rotatable bonds is 6. The standard InChI is InChI=1S/C16H24O3/c1-5-7-12(8-6-2)14-10-13(16(18)19-4)9-11(3)15(14)17/h9-10,12,17H,5-8H2,1-4H3. The van der Waals surface area contributed by atoms with Crippen LogP contribution in [0.3, 0.4) is 0 Å². The molecule has 1 N–H and O–H groups in total. The lowest BCUT2D eigenvalue weighted by atomic mass is 9.87. The number of aromatic hydroxyl groups is 1. The highest BCUT2D eigenvalue weighted by atomic mass is 16.5. The van der Waals surface area contributed by atoms with Gasteiger partial charge in [0.15, 0.2) is 0 Å². The van der Waals surface area contributed by atoms with Crippen molar-refractivity contribution in [3.63, 3.8) is 0 Å². The molecule has 0 spiro atoms. The topological polar surface area (TPSA) is 46.5 Å². The van der Waals surface area contributed by atoms with Crippen LogP contribution in [-0.2, 0) is 4.74 Å². The SMILES string of the molecule is CCCC(CCC)c1cc(C(=O)OC)cc(C)c1O. The molecule has 0 unspecified atom stereocenters. The number of carbonyl (C=O) groups is 1. The van der Waals surface area contributed by atoms with Crippen LogP contribution in [0.4, 0.5) is 0 Å². The summed E-state index contributed by atoms with van der Waals surface area (Å²) in [6.45, 7) is 6.09. The van der Waals surface area contributed by atoms with E-state index in [9.17, 15) is 9.90 Å². The zero-order chi connectivity index (χ0) is 14.4. The molecule has 0 saturated carbocycles. The molecule has 0 aromatic heterocycles. The number of hydrogen-bond donors (Lipinski definition) is 1. The van der Waals surface area contributed by atoms with Crippen molar-refractivity contribution >= 4 is 5.97 Å². The zero-order valence-corrected chi connectivity index (χ0v) is 12.3. The van der Waals surface area contributed by atoms with Crippen molar-refractivity contribution in [2.24, 2.45) is 0 Å². The molecule has 0 amide bonds. The van der Waals surface area contributed by atoms with Gasteiger partial charge in [-0.25, -0.2) is 4.79 Å². The van der Waals surface area contributed by atoms with Crippen LogP contribution in [0.25, 0.3) is 0 Å². The molecule has 0 aliphatic rings. The second kappa shape index (κ2) is 7.17. The average molecular weight is 264 g/mol. The van der Waals surface area contributed by atoms with Gasteiger partial charge in [0, 0.05) is 0 Å². The third-order valence-corrected chi connectivity index (χ3v) is 3.47. The van der Waals surface area contributed by atoms with Crippen LogP contribution in [0.15, 0.2) is 12.1 Å². The molecule has 1 aromatic rings. The van der Waals surface area contributed by atoms with Crippen LogP contribution in [0.2, 0.25) is 0 Å². The Morgan fingerprint density at radius 3 is 2.32 bits per heavy atom. The molecule has 1 aromatic carbocycles. The van der Waals surface area contributed by atoms with Crippen LogP contribution in [0.5, 0.6) is 5.75 Å². The van der Waals surface area contributed by atoms with E-state index in [-0.39, 0.29) is 5.97 Å². The van der Waals surface area contributed by atoms with Crippen LogP contribution in [-0.4, -0.2) is 18.2 Å². The molecule has 19 heavy (non-hydrogen) atoms. The first-order valence-electron chi connectivity index (χ1n) is 6.96. The monoisotopic (exact) mass is 264 g/mol. The van der Waals surface area contributed by atoms with Gasteiger partial charge in [-0.15, -0.1) is 0 Å². The van der Waals surface area contributed by atoms with Crippen LogP contribution in [0.1, 0.15) is 66.9 Å². The first-order valence-corrected chi connectivity index (χ1v) is 6.96. The molecule has 0 radical (unpaired) electrons. The summed E-state index contributed by atoms with van der Waals surface area (Å²) in [4.78, 5) is 11.7. The van der Waals surface area contributed by atoms with Crippen molar-refractivity contribution < 1.29 is 14.6 Å². The minimum Gasteiger partial charge on any atom is -0.507 e. The summed E-state index contributed by atoms with van der Waals surface area (Å²) < 4.78 is 4.77.